The van der Waals surface area contributed by atoms with E-state index in [9.17, 15) is 9.90 Å². The summed E-state index contributed by atoms with van der Waals surface area (Å²) >= 11 is 0. The predicted molar refractivity (Wildman–Crippen MR) is 81.7 cm³/mol. The molecule has 0 radical (unpaired) electrons. The Morgan fingerprint density at radius 1 is 1.35 bits per heavy atom. The first-order valence-corrected chi connectivity index (χ1v) is 8.56. The molecule has 1 N–H and O–H groups in total. The van der Waals surface area contributed by atoms with E-state index >= 15 is 0 Å². The molecule has 2 aliphatic heterocycles. The van der Waals surface area contributed by atoms with Crippen LogP contribution in [-0.4, -0.2) is 63.2 Å². The molecule has 23 heavy (non-hydrogen) atoms. The second-order valence-corrected chi connectivity index (χ2v) is 7.43. The van der Waals surface area contributed by atoms with Crippen LogP contribution in [0.5, 0.6) is 0 Å². The van der Waals surface area contributed by atoms with Crippen molar-refractivity contribution in [2.75, 3.05) is 26.2 Å². The molecular formula is C16H24N4O3. The number of hydrogen-bond donors (Lipinski definition) is 1. The minimum Gasteiger partial charge on any atom is -0.481 e. The Kier molecular flexibility index (Phi) is 3.65. The van der Waals surface area contributed by atoms with E-state index in [1.807, 2.05) is 0 Å². The molecular weight excluding hydrogens is 296 g/mol. The highest BCUT2D eigenvalue weighted by Gasteiger charge is 2.58. The van der Waals surface area contributed by atoms with Crippen molar-refractivity contribution in [3.63, 3.8) is 0 Å². The van der Waals surface area contributed by atoms with Gasteiger partial charge in [-0.2, -0.15) is 4.98 Å². The van der Waals surface area contributed by atoms with E-state index in [-0.39, 0.29) is 5.92 Å². The molecule has 0 unspecified atom stereocenters. The zero-order valence-corrected chi connectivity index (χ0v) is 13.6. The molecule has 1 aromatic rings. The molecule has 126 valence electrons. The molecule has 4 rings (SSSR count). The lowest BCUT2D eigenvalue weighted by molar-refractivity contribution is -0.149. The normalized spacial score (nSPS) is 32.7. The molecule has 2 saturated heterocycles. The summed E-state index contributed by atoms with van der Waals surface area (Å²) in [5, 5.41) is 13.7. The van der Waals surface area contributed by atoms with Crippen molar-refractivity contribution < 1.29 is 14.4 Å². The number of rotatable bonds is 4. The van der Waals surface area contributed by atoms with Crippen LogP contribution in [0.4, 0.5) is 0 Å². The Balaban J connectivity index is 1.47. The van der Waals surface area contributed by atoms with Crippen LogP contribution in [0.1, 0.15) is 37.4 Å². The third-order valence-corrected chi connectivity index (χ3v) is 5.90. The standard InChI is InChI=1S/C16H24N4O3/c1-11-17-14(23-18-11)8-19-6-12-7-20(13-4-2-3-5-13)10-16(12,9-19)15(21)22/h12-13H,2-10H2,1H3,(H,21,22)/t12-,16-/m0/s1. The monoisotopic (exact) mass is 320 g/mol. The molecule has 0 spiro atoms. The number of likely N-dealkylation sites (tertiary alicyclic amines) is 2. The van der Waals surface area contributed by atoms with Crippen molar-refractivity contribution in [3.8, 4) is 0 Å². The summed E-state index contributed by atoms with van der Waals surface area (Å²) in [7, 11) is 0. The topological polar surface area (TPSA) is 82.7 Å². The zero-order valence-electron chi connectivity index (χ0n) is 13.6. The van der Waals surface area contributed by atoms with E-state index < -0.39 is 11.4 Å². The van der Waals surface area contributed by atoms with Gasteiger partial charge in [0.15, 0.2) is 5.82 Å². The largest absolute Gasteiger partial charge is 0.481 e. The van der Waals surface area contributed by atoms with Crippen LogP contribution in [0.3, 0.4) is 0 Å². The van der Waals surface area contributed by atoms with Crippen LogP contribution in [0.15, 0.2) is 4.52 Å². The van der Waals surface area contributed by atoms with Gasteiger partial charge in [0.1, 0.15) is 0 Å². The van der Waals surface area contributed by atoms with E-state index in [1.54, 1.807) is 6.92 Å². The lowest BCUT2D eigenvalue weighted by Crippen LogP contribution is -2.42. The van der Waals surface area contributed by atoms with Gasteiger partial charge in [-0.25, -0.2) is 0 Å². The maximum atomic E-state index is 12.1. The van der Waals surface area contributed by atoms with E-state index in [0.717, 1.165) is 13.1 Å². The second-order valence-electron chi connectivity index (χ2n) is 7.43. The minimum absolute atomic E-state index is 0.199. The Morgan fingerprint density at radius 2 is 2.13 bits per heavy atom. The number of carboxylic acids is 1. The molecule has 1 aromatic heterocycles. The molecule has 7 heteroatoms. The van der Waals surface area contributed by atoms with Gasteiger partial charge >= 0.3 is 5.97 Å². The highest BCUT2D eigenvalue weighted by molar-refractivity contribution is 5.77. The fourth-order valence-corrected chi connectivity index (χ4v) is 4.77. The third kappa shape index (κ3) is 2.55. The smallest absolute Gasteiger partial charge is 0.312 e. The van der Waals surface area contributed by atoms with Crippen LogP contribution in [0.2, 0.25) is 0 Å². The first kappa shape index (κ1) is 15.1. The summed E-state index contributed by atoms with van der Waals surface area (Å²) < 4.78 is 5.18. The first-order chi connectivity index (χ1) is 11.1. The quantitative estimate of drug-likeness (QED) is 0.890. The van der Waals surface area contributed by atoms with Crippen LogP contribution in [0, 0.1) is 18.3 Å². The van der Waals surface area contributed by atoms with Gasteiger partial charge in [-0.1, -0.05) is 18.0 Å². The third-order valence-electron chi connectivity index (χ3n) is 5.90. The Bertz CT molecular complexity index is 598. The van der Waals surface area contributed by atoms with Gasteiger partial charge in [0.25, 0.3) is 0 Å². The molecule has 2 atom stereocenters. The van der Waals surface area contributed by atoms with Gasteiger partial charge in [-0.15, -0.1) is 0 Å². The van der Waals surface area contributed by atoms with Crippen molar-refractivity contribution in [3.05, 3.63) is 11.7 Å². The zero-order chi connectivity index (χ0) is 16.0. The molecule has 0 aromatic carbocycles. The second kappa shape index (κ2) is 5.56. The van der Waals surface area contributed by atoms with E-state index in [2.05, 4.69) is 19.9 Å². The summed E-state index contributed by atoms with van der Waals surface area (Å²) in [6.07, 6.45) is 5.03. The maximum Gasteiger partial charge on any atom is 0.312 e. The minimum atomic E-state index is -0.646. The van der Waals surface area contributed by atoms with E-state index in [0.29, 0.717) is 37.4 Å². The summed E-state index contributed by atoms with van der Waals surface area (Å²) in [5.41, 5.74) is -0.627. The molecule has 1 aliphatic carbocycles. The lowest BCUT2D eigenvalue weighted by Gasteiger charge is -2.28. The Labute approximate surface area is 135 Å². The van der Waals surface area contributed by atoms with Gasteiger partial charge in [0.05, 0.1) is 12.0 Å². The summed E-state index contributed by atoms with van der Waals surface area (Å²) in [4.78, 5) is 20.9. The van der Waals surface area contributed by atoms with Gasteiger partial charge in [-0.3, -0.25) is 14.6 Å². The van der Waals surface area contributed by atoms with Crippen molar-refractivity contribution in [2.24, 2.45) is 11.3 Å². The van der Waals surface area contributed by atoms with Gasteiger partial charge in [0, 0.05) is 38.1 Å². The van der Waals surface area contributed by atoms with Crippen LogP contribution in [-0.2, 0) is 11.3 Å². The maximum absolute atomic E-state index is 12.1. The molecule has 3 aliphatic rings. The van der Waals surface area contributed by atoms with Gasteiger partial charge in [0.2, 0.25) is 5.89 Å². The molecule has 0 bridgehead atoms. The number of aliphatic carboxylic acids is 1. The van der Waals surface area contributed by atoms with E-state index in [1.165, 1.54) is 25.7 Å². The van der Waals surface area contributed by atoms with Crippen molar-refractivity contribution in [1.29, 1.82) is 0 Å². The van der Waals surface area contributed by atoms with Gasteiger partial charge < -0.3 is 9.63 Å². The van der Waals surface area contributed by atoms with Crippen LogP contribution < -0.4 is 0 Å². The van der Waals surface area contributed by atoms with Crippen molar-refractivity contribution >= 4 is 5.97 Å². The number of fused-ring (bicyclic) bond motifs is 1. The highest BCUT2D eigenvalue weighted by atomic mass is 16.5. The number of aromatic nitrogens is 2. The van der Waals surface area contributed by atoms with Crippen LogP contribution >= 0.6 is 0 Å². The molecule has 1 saturated carbocycles. The highest BCUT2D eigenvalue weighted by Crippen LogP contribution is 2.45. The number of aryl methyl sites for hydroxylation is 1. The van der Waals surface area contributed by atoms with E-state index in [4.69, 9.17) is 4.52 Å². The average molecular weight is 320 g/mol. The summed E-state index contributed by atoms with van der Waals surface area (Å²) in [6, 6.07) is 0.601. The predicted octanol–water partition coefficient (Wildman–Crippen LogP) is 1.14. The molecule has 3 fully saturated rings. The Hall–Kier alpha value is -1.47. The number of carboxylic acid groups (broad SMARTS) is 1. The average Bonchev–Trinajstić information content (AvgIpc) is 3.21. The fraction of sp³-hybridized carbons (Fsp3) is 0.812. The molecule has 7 nitrogen and oxygen atoms in total. The summed E-state index contributed by atoms with van der Waals surface area (Å²) in [5.74, 6) is 0.757. The van der Waals surface area contributed by atoms with Crippen LogP contribution in [0.25, 0.3) is 0 Å². The fourth-order valence-electron chi connectivity index (χ4n) is 4.77. The molecule has 0 amide bonds. The molecule has 3 heterocycles. The van der Waals surface area contributed by atoms with Gasteiger partial charge in [-0.05, 0) is 19.8 Å². The lowest BCUT2D eigenvalue weighted by atomic mass is 9.81. The number of hydrogen-bond acceptors (Lipinski definition) is 6. The SMILES string of the molecule is Cc1noc(CN2C[C@H]3CN(C4CCCC4)C[C@@]3(C(=O)O)C2)n1. The Morgan fingerprint density at radius 3 is 2.74 bits per heavy atom. The first-order valence-electron chi connectivity index (χ1n) is 8.56. The number of carbonyl (C=O) groups is 1. The number of nitrogens with zero attached hydrogens (tertiary/aromatic N) is 4. The van der Waals surface area contributed by atoms with Crippen molar-refractivity contribution in [1.82, 2.24) is 19.9 Å². The summed E-state index contributed by atoms with van der Waals surface area (Å²) in [6.45, 7) is 5.34. The van der Waals surface area contributed by atoms with Crippen molar-refractivity contribution in [2.45, 2.75) is 45.2 Å².